The van der Waals surface area contributed by atoms with Crippen LogP contribution in [0.15, 0.2) is 54.9 Å². The fraction of sp³-hybridized carbons (Fsp3) is 0.394. The quantitative estimate of drug-likeness (QED) is 0.186. The number of aromatic nitrogens is 2. The average Bonchev–Trinajstić information content (AvgIpc) is 3.68. The standard InChI is InChI=1S/C33H34FN3O4S/c34-26-17-23(16-25(38)15-22-1-2-22)4-7-29(26)41-30-9-12-35-28-18-31(42-33(28)30)27-6-3-24(19-36-27)20-37-13-10-21(11-14-37)5-8-32(39)40/h3-4,6-7,9,12,17-19,21-22H,1-2,5,8,10-11,13-16,20H2,(H,39,40). The monoisotopic (exact) mass is 587 g/mol. The lowest BCUT2D eigenvalue weighted by atomic mass is 9.92. The number of piperidine rings is 1. The van der Waals surface area contributed by atoms with Gasteiger partial charge in [-0.05, 0) is 92.4 Å². The minimum Gasteiger partial charge on any atom is -0.481 e. The molecule has 0 amide bonds. The van der Waals surface area contributed by atoms with Crippen LogP contribution in [-0.4, -0.2) is 44.8 Å². The largest absolute Gasteiger partial charge is 0.481 e. The topological polar surface area (TPSA) is 92.6 Å². The molecule has 3 aromatic heterocycles. The van der Waals surface area contributed by atoms with Gasteiger partial charge in [0.25, 0.3) is 0 Å². The molecule has 1 saturated heterocycles. The predicted octanol–water partition coefficient (Wildman–Crippen LogP) is 7.28. The van der Waals surface area contributed by atoms with Gasteiger partial charge in [0.1, 0.15) is 11.5 Å². The Morgan fingerprint density at radius 2 is 1.79 bits per heavy atom. The number of hydrogen-bond acceptors (Lipinski definition) is 7. The normalized spacial score (nSPS) is 16.1. The molecule has 9 heteroatoms. The number of carbonyl (C=O) groups excluding carboxylic acids is 1. The Hall–Kier alpha value is -3.69. The van der Waals surface area contributed by atoms with E-state index in [4.69, 9.17) is 14.8 Å². The molecule has 1 N–H and O–H groups in total. The molecule has 7 nitrogen and oxygen atoms in total. The number of carboxylic acids is 1. The van der Waals surface area contributed by atoms with Crippen LogP contribution in [0, 0.1) is 17.7 Å². The van der Waals surface area contributed by atoms with Gasteiger partial charge >= 0.3 is 5.97 Å². The van der Waals surface area contributed by atoms with E-state index in [2.05, 4.69) is 16.0 Å². The number of thiophene rings is 1. The first-order valence-corrected chi connectivity index (χ1v) is 15.5. The summed E-state index contributed by atoms with van der Waals surface area (Å²) in [5.41, 5.74) is 3.40. The van der Waals surface area contributed by atoms with Crippen LogP contribution in [-0.2, 0) is 22.6 Å². The lowest BCUT2D eigenvalue weighted by molar-refractivity contribution is -0.137. The van der Waals surface area contributed by atoms with Crippen LogP contribution in [0.1, 0.15) is 56.1 Å². The number of nitrogens with zero attached hydrogens (tertiary/aromatic N) is 3. The predicted molar refractivity (Wildman–Crippen MR) is 160 cm³/mol. The molecule has 1 aromatic carbocycles. The zero-order valence-electron chi connectivity index (χ0n) is 23.4. The first-order valence-electron chi connectivity index (χ1n) is 14.7. The van der Waals surface area contributed by atoms with E-state index in [0.29, 0.717) is 29.6 Å². The van der Waals surface area contributed by atoms with E-state index >= 15 is 0 Å². The van der Waals surface area contributed by atoms with Crippen molar-refractivity contribution >= 4 is 33.3 Å². The van der Waals surface area contributed by atoms with Gasteiger partial charge in [0.15, 0.2) is 11.6 Å². The van der Waals surface area contributed by atoms with E-state index < -0.39 is 11.8 Å². The van der Waals surface area contributed by atoms with Gasteiger partial charge in [-0.1, -0.05) is 12.1 Å². The second-order valence-electron chi connectivity index (χ2n) is 11.6. The van der Waals surface area contributed by atoms with Gasteiger partial charge in [-0.15, -0.1) is 11.3 Å². The van der Waals surface area contributed by atoms with Crippen LogP contribution >= 0.6 is 11.3 Å². The average molecular weight is 588 g/mol. The molecular formula is C33H34FN3O4S. The van der Waals surface area contributed by atoms with E-state index in [-0.39, 0.29) is 24.4 Å². The van der Waals surface area contributed by atoms with Crippen molar-refractivity contribution in [3.63, 3.8) is 0 Å². The maximum Gasteiger partial charge on any atom is 0.303 e. The number of carboxylic acid groups (broad SMARTS) is 1. The number of aliphatic carboxylic acids is 1. The summed E-state index contributed by atoms with van der Waals surface area (Å²) in [7, 11) is 0. The molecule has 4 heterocycles. The van der Waals surface area contributed by atoms with Gasteiger partial charge in [-0.3, -0.25) is 24.5 Å². The zero-order chi connectivity index (χ0) is 29.1. The molecule has 6 rings (SSSR count). The lowest BCUT2D eigenvalue weighted by Crippen LogP contribution is -2.33. The van der Waals surface area contributed by atoms with E-state index in [1.165, 1.54) is 17.4 Å². The Kier molecular flexibility index (Phi) is 8.58. The number of ketones is 1. The highest BCUT2D eigenvalue weighted by Gasteiger charge is 2.24. The molecular weight excluding hydrogens is 553 g/mol. The van der Waals surface area contributed by atoms with E-state index in [9.17, 15) is 14.0 Å². The van der Waals surface area contributed by atoms with Crippen molar-refractivity contribution in [2.75, 3.05) is 13.1 Å². The molecule has 2 fully saturated rings. The van der Waals surface area contributed by atoms with Crippen LogP contribution in [0.25, 0.3) is 20.8 Å². The molecule has 218 valence electrons. The molecule has 1 saturated carbocycles. The Morgan fingerprint density at radius 3 is 2.50 bits per heavy atom. The lowest BCUT2D eigenvalue weighted by Gasteiger charge is -2.31. The number of carbonyl (C=O) groups is 2. The second kappa shape index (κ2) is 12.7. The van der Waals surface area contributed by atoms with Gasteiger partial charge in [0.05, 0.1) is 20.8 Å². The molecule has 1 aliphatic heterocycles. The van der Waals surface area contributed by atoms with Gasteiger partial charge in [0, 0.05) is 44.3 Å². The first-order chi connectivity index (χ1) is 20.4. The van der Waals surface area contributed by atoms with Gasteiger partial charge < -0.3 is 9.84 Å². The number of hydrogen-bond donors (Lipinski definition) is 1. The number of rotatable bonds is 12. The number of halogens is 1. The van der Waals surface area contributed by atoms with Crippen LogP contribution in [0.4, 0.5) is 4.39 Å². The summed E-state index contributed by atoms with van der Waals surface area (Å²) in [5.74, 6) is 0.611. The number of likely N-dealkylation sites (tertiary alicyclic amines) is 1. The molecule has 4 aromatic rings. The molecule has 2 aliphatic rings. The smallest absolute Gasteiger partial charge is 0.303 e. The van der Waals surface area contributed by atoms with Crippen molar-refractivity contribution in [2.24, 2.45) is 11.8 Å². The maximum atomic E-state index is 14.9. The van der Waals surface area contributed by atoms with Crippen molar-refractivity contribution in [2.45, 2.75) is 57.9 Å². The summed E-state index contributed by atoms with van der Waals surface area (Å²) in [6, 6.07) is 12.6. The molecule has 0 atom stereocenters. The Morgan fingerprint density at radius 1 is 0.976 bits per heavy atom. The molecule has 0 unspecified atom stereocenters. The Bertz CT molecular complexity index is 1580. The highest BCUT2D eigenvalue weighted by Crippen LogP contribution is 2.39. The minimum absolute atomic E-state index is 0.115. The minimum atomic E-state index is -0.713. The third-order valence-electron chi connectivity index (χ3n) is 8.16. The zero-order valence-corrected chi connectivity index (χ0v) is 24.2. The van der Waals surface area contributed by atoms with E-state index in [1.54, 1.807) is 24.4 Å². The van der Waals surface area contributed by atoms with Gasteiger partial charge in [-0.25, -0.2) is 4.39 Å². The SMILES string of the molecule is O=C(O)CCC1CCN(Cc2ccc(-c3cc4nccc(Oc5ccc(CC(=O)CC6CC6)cc5F)c4s3)nc2)CC1. The maximum absolute atomic E-state index is 14.9. The third-order valence-corrected chi connectivity index (χ3v) is 9.32. The summed E-state index contributed by atoms with van der Waals surface area (Å²) in [4.78, 5) is 35.6. The van der Waals surface area contributed by atoms with Crippen molar-refractivity contribution in [1.29, 1.82) is 0 Å². The van der Waals surface area contributed by atoms with Crippen LogP contribution in [0.3, 0.4) is 0 Å². The van der Waals surface area contributed by atoms with Crippen molar-refractivity contribution < 1.29 is 23.8 Å². The molecule has 0 radical (unpaired) electrons. The first kappa shape index (κ1) is 28.4. The van der Waals surface area contributed by atoms with E-state index in [0.717, 1.165) is 78.1 Å². The fourth-order valence-corrected chi connectivity index (χ4v) is 6.65. The van der Waals surface area contributed by atoms with Crippen molar-refractivity contribution in [1.82, 2.24) is 14.9 Å². The Labute approximate surface area is 248 Å². The molecule has 0 spiro atoms. The second-order valence-corrected chi connectivity index (χ2v) is 12.6. The van der Waals surface area contributed by atoms with Gasteiger partial charge in [-0.2, -0.15) is 0 Å². The van der Waals surface area contributed by atoms with Crippen molar-refractivity contribution in [3.8, 4) is 22.1 Å². The summed E-state index contributed by atoms with van der Waals surface area (Å²) in [6.07, 6.45) is 9.73. The summed E-state index contributed by atoms with van der Waals surface area (Å²) >= 11 is 1.50. The highest BCUT2D eigenvalue weighted by molar-refractivity contribution is 7.22. The van der Waals surface area contributed by atoms with Crippen molar-refractivity contribution in [3.05, 3.63) is 71.8 Å². The van der Waals surface area contributed by atoms with E-state index in [1.807, 2.05) is 18.3 Å². The summed E-state index contributed by atoms with van der Waals surface area (Å²) in [6.45, 7) is 2.77. The number of fused-ring (bicyclic) bond motifs is 1. The number of ether oxygens (including phenoxy) is 1. The van der Waals surface area contributed by atoms with Crippen LogP contribution < -0.4 is 4.74 Å². The number of pyridine rings is 2. The molecule has 1 aliphatic carbocycles. The fourth-order valence-electron chi connectivity index (χ4n) is 5.60. The molecule has 42 heavy (non-hydrogen) atoms. The Balaban J connectivity index is 1.09. The number of Topliss-reactive ketones (excluding diaryl/α,β-unsaturated/α-hetero) is 1. The third kappa shape index (κ3) is 7.20. The van der Waals surface area contributed by atoms with Crippen LogP contribution in [0.2, 0.25) is 0 Å². The van der Waals surface area contributed by atoms with Crippen LogP contribution in [0.5, 0.6) is 11.5 Å². The summed E-state index contributed by atoms with van der Waals surface area (Å²) in [5, 5.41) is 8.92. The number of benzene rings is 1. The van der Waals surface area contributed by atoms with Gasteiger partial charge in [0.2, 0.25) is 0 Å². The summed E-state index contributed by atoms with van der Waals surface area (Å²) < 4.78 is 21.7. The highest BCUT2D eigenvalue weighted by atomic mass is 32.1. The molecule has 0 bridgehead atoms.